The van der Waals surface area contributed by atoms with Crippen LogP contribution in [0.25, 0.3) is 0 Å². The van der Waals surface area contributed by atoms with Crippen LogP contribution in [-0.4, -0.2) is 6.61 Å². The molecule has 0 spiro atoms. The Labute approximate surface area is 127 Å². The van der Waals surface area contributed by atoms with Gasteiger partial charge in [0.1, 0.15) is 5.75 Å². The van der Waals surface area contributed by atoms with Gasteiger partial charge in [-0.3, -0.25) is 0 Å². The van der Waals surface area contributed by atoms with Crippen molar-refractivity contribution in [1.29, 1.82) is 0 Å². The molecule has 1 heterocycles. The molecular weight excluding hydrogens is 358 g/mol. The fourth-order valence-corrected chi connectivity index (χ4v) is 3.54. The summed E-state index contributed by atoms with van der Waals surface area (Å²) in [4.78, 5) is 0.932. The average molecular weight is 368 g/mol. The van der Waals surface area contributed by atoms with Crippen molar-refractivity contribution >= 4 is 38.9 Å². The number of halogens is 4. The summed E-state index contributed by atoms with van der Waals surface area (Å²) in [5.41, 5.74) is 1.85. The SMILES string of the molecule is Cc1cc(C(Br)c2cccc(OC(F)F)c2)sc1Cl. The number of ether oxygens (including phenoxy) is 1. The Hall–Kier alpha value is -0.650. The normalized spacial score (nSPS) is 12.7. The van der Waals surface area contributed by atoms with Crippen LogP contribution in [0.5, 0.6) is 5.75 Å². The first kappa shape index (κ1) is 14.8. The molecule has 2 aromatic rings. The Balaban J connectivity index is 2.25. The van der Waals surface area contributed by atoms with Gasteiger partial charge in [0.15, 0.2) is 0 Å². The number of rotatable bonds is 4. The Morgan fingerprint density at radius 1 is 1.32 bits per heavy atom. The highest BCUT2D eigenvalue weighted by Gasteiger charge is 2.15. The maximum absolute atomic E-state index is 12.2. The third-order valence-corrected chi connectivity index (χ3v) is 5.45. The average Bonchev–Trinajstić information content (AvgIpc) is 2.68. The van der Waals surface area contributed by atoms with Crippen LogP contribution in [0.15, 0.2) is 30.3 Å². The summed E-state index contributed by atoms with van der Waals surface area (Å²) in [6, 6.07) is 8.60. The van der Waals surface area contributed by atoms with Gasteiger partial charge in [-0.1, -0.05) is 39.7 Å². The van der Waals surface area contributed by atoms with E-state index in [-0.39, 0.29) is 10.6 Å². The molecule has 0 saturated heterocycles. The summed E-state index contributed by atoms with van der Waals surface area (Å²) in [5, 5.41) is 0. The highest BCUT2D eigenvalue weighted by atomic mass is 79.9. The molecule has 0 amide bonds. The van der Waals surface area contributed by atoms with E-state index in [1.54, 1.807) is 12.1 Å². The molecule has 0 aliphatic heterocycles. The number of alkyl halides is 3. The third-order valence-electron chi connectivity index (χ3n) is 2.50. The number of aryl methyl sites for hydroxylation is 1. The van der Waals surface area contributed by atoms with Crippen molar-refractivity contribution in [2.24, 2.45) is 0 Å². The molecule has 0 radical (unpaired) electrons. The highest BCUT2D eigenvalue weighted by molar-refractivity contribution is 9.09. The fraction of sp³-hybridized carbons (Fsp3) is 0.231. The van der Waals surface area contributed by atoms with E-state index >= 15 is 0 Å². The second-order valence-corrected chi connectivity index (χ2v) is 6.52. The van der Waals surface area contributed by atoms with Crippen molar-refractivity contribution in [1.82, 2.24) is 0 Å². The van der Waals surface area contributed by atoms with E-state index in [0.717, 1.165) is 20.3 Å². The van der Waals surface area contributed by atoms with Crippen molar-refractivity contribution in [2.75, 3.05) is 0 Å². The monoisotopic (exact) mass is 366 g/mol. The van der Waals surface area contributed by atoms with Crippen LogP contribution in [0.4, 0.5) is 8.78 Å². The topological polar surface area (TPSA) is 9.23 Å². The molecule has 102 valence electrons. The molecule has 19 heavy (non-hydrogen) atoms. The van der Waals surface area contributed by atoms with Crippen molar-refractivity contribution in [2.45, 2.75) is 18.4 Å². The maximum atomic E-state index is 12.2. The number of hydrogen-bond donors (Lipinski definition) is 0. The van der Waals surface area contributed by atoms with E-state index < -0.39 is 6.61 Å². The van der Waals surface area contributed by atoms with E-state index in [9.17, 15) is 8.78 Å². The van der Waals surface area contributed by atoms with Gasteiger partial charge in [0.05, 0.1) is 9.16 Å². The summed E-state index contributed by atoms with van der Waals surface area (Å²) in [6.45, 7) is -0.888. The van der Waals surface area contributed by atoms with Crippen LogP contribution in [-0.2, 0) is 0 Å². The van der Waals surface area contributed by atoms with Crippen LogP contribution in [0.2, 0.25) is 4.34 Å². The molecule has 0 aliphatic carbocycles. The predicted molar refractivity (Wildman–Crippen MR) is 77.9 cm³/mol. The summed E-state index contributed by atoms with van der Waals surface area (Å²) < 4.78 is 29.5. The van der Waals surface area contributed by atoms with E-state index in [0.29, 0.717) is 0 Å². The molecule has 1 aromatic carbocycles. The molecule has 1 aromatic heterocycles. The standard InChI is InChI=1S/C13H10BrClF2OS/c1-7-5-10(19-12(7)15)11(14)8-3-2-4-9(6-8)18-13(16)17/h2-6,11,13H,1H3. The minimum absolute atomic E-state index is 0.0927. The summed E-state index contributed by atoms with van der Waals surface area (Å²) >= 11 is 11.1. The minimum atomic E-state index is -2.82. The molecule has 0 N–H and O–H groups in total. The number of thiophene rings is 1. The van der Waals surface area contributed by atoms with Gasteiger partial charge in [-0.15, -0.1) is 11.3 Å². The van der Waals surface area contributed by atoms with Crippen LogP contribution in [0.3, 0.4) is 0 Å². The first-order valence-electron chi connectivity index (χ1n) is 5.42. The van der Waals surface area contributed by atoms with E-state index in [4.69, 9.17) is 11.6 Å². The predicted octanol–water partition coefficient (Wildman–Crippen LogP) is 5.80. The van der Waals surface area contributed by atoms with Crippen LogP contribution in [0, 0.1) is 6.92 Å². The molecule has 0 fully saturated rings. The van der Waals surface area contributed by atoms with E-state index in [1.807, 2.05) is 19.1 Å². The van der Waals surface area contributed by atoms with Gasteiger partial charge in [-0.25, -0.2) is 0 Å². The first-order chi connectivity index (χ1) is 8.97. The summed E-state index contributed by atoms with van der Waals surface area (Å²) in [5.74, 6) is 0.149. The zero-order valence-corrected chi connectivity index (χ0v) is 13.0. The van der Waals surface area contributed by atoms with Crippen molar-refractivity contribution < 1.29 is 13.5 Å². The van der Waals surface area contributed by atoms with Gasteiger partial charge < -0.3 is 4.74 Å². The lowest BCUT2D eigenvalue weighted by atomic mass is 10.1. The van der Waals surface area contributed by atoms with Gasteiger partial charge >= 0.3 is 6.61 Å². The van der Waals surface area contributed by atoms with E-state index in [1.165, 1.54) is 17.4 Å². The van der Waals surface area contributed by atoms with Gasteiger partial charge in [0.2, 0.25) is 0 Å². The molecule has 1 unspecified atom stereocenters. The molecule has 0 aliphatic rings. The molecule has 2 rings (SSSR count). The van der Waals surface area contributed by atoms with Crippen molar-refractivity contribution in [3.8, 4) is 5.75 Å². The van der Waals surface area contributed by atoms with Crippen molar-refractivity contribution in [3.63, 3.8) is 0 Å². The summed E-state index contributed by atoms with van der Waals surface area (Å²) in [7, 11) is 0. The van der Waals surface area contributed by atoms with Crippen LogP contribution in [0.1, 0.15) is 20.8 Å². The second kappa shape index (κ2) is 6.20. The molecule has 0 bridgehead atoms. The minimum Gasteiger partial charge on any atom is -0.435 e. The Morgan fingerprint density at radius 3 is 2.63 bits per heavy atom. The Bertz CT molecular complexity index is 554. The molecule has 1 nitrogen and oxygen atoms in total. The van der Waals surface area contributed by atoms with Gasteiger partial charge in [-0.05, 0) is 36.2 Å². The molecule has 6 heteroatoms. The number of hydrogen-bond acceptors (Lipinski definition) is 2. The lowest BCUT2D eigenvalue weighted by Crippen LogP contribution is -2.02. The lowest BCUT2D eigenvalue weighted by Gasteiger charge is -2.10. The molecular formula is C13H10BrClF2OS. The summed E-state index contributed by atoms with van der Waals surface area (Å²) in [6.07, 6.45) is 0. The van der Waals surface area contributed by atoms with Crippen molar-refractivity contribution in [3.05, 3.63) is 50.7 Å². The zero-order chi connectivity index (χ0) is 14.0. The largest absolute Gasteiger partial charge is 0.435 e. The Kier molecular flexibility index (Phi) is 4.81. The van der Waals surface area contributed by atoms with E-state index in [2.05, 4.69) is 20.7 Å². The second-order valence-electron chi connectivity index (χ2n) is 3.92. The maximum Gasteiger partial charge on any atom is 0.387 e. The highest BCUT2D eigenvalue weighted by Crippen LogP contribution is 2.39. The molecule has 0 saturated carbocycles. The molecule has 1 atom stereocenters. The van der Waals surface area contributed by atoms with Crippen LogP contribution >= 0.6 is 38.9 Å². The fourth-order valence-electron chi connectivity index (χ4n) is 1.62. The van der Waals surface area contributed by atoms with Gasteiger partial charge in [0, 0.05) is 4.88 Å². The van der Waals surface area contributed by atoms with Crippen LogP contribution < -0.4 is 4.74 Å². The quantitative estimate of drug-likeness (QED) is 0.621. The Morgan fingerprint density at radius 2 is 2.05 bits per heavy atom. The third kappa shape index (κ3) is 3.68. The lowest BCUT2D eigenvalue weighted by molar-refractivity contribution is -0.0498. The zero-order valence-electron chi connectivity index (χ0n) is 9.87. The smallest absolute Gasteiger partial charge is 0.387 e. The first-order valence-corrected chi connectivity index (χ1v) is 7.53. The number of benzene rings is 1. The van der Waals surface area contributed by atoms with Gasteiger partial charge in [0.25, 0.3) is 0 Å². The van der Waals surface area contributed by atoms with Gasteiger partial charge in [-0.2, -0.15) is 8.78 Å².